The fraction of sp³-hybridized carbons (Fsp3) is 0.167. The Morgan fingerprint density at radius 2 is 2.06 bits per heavy atom. The summed E-state index contributed by atoms with van der Waals surface area (Å²) in [4.78, 5) is 1.20. The van der Waals surface area contributed by atoms with Crippen LogP contribution in [0.3, 0.4) is 0 Å². The minimum atomic E-state index is -0.247. The first-order chi connectivity index (χ1) is 8.08. The topological polar surface area (TPSA) is 12.0 Å². The van der Waals surface area contributed by atoms with Gasteiger partial charge in [0.05, 0.1) is 11.0 Å². The summed E-state index contributed by atoms with van der Waals surface area (Å²) in [6, 6.07) is 5.30. The van der Waals surface area contributed by atoms with Gasteiger partial charge in [-0.25, -0.2) is 4.39 Å². The number of benzene rings is 1. The average molecular weight is 379 g/mol. The van der Waals surface area contributed by atoms with Crippen LogP contribution in [-0.4, -0.2) is 0 Å². The predicted octanol–water partition coefficient (Wildman–Crippen LogP) is 5.33. The van der Waals surface area contributed by atoms with Gasteiger partial charge in [0.15, 0.2) is 0 Å². The molecule has 0 radical (unpaired) electrons. The molecule has 0 bridgehead atoms. The Kier molecular flexibility index (Phi) is 4.22. The van der Waals surface area contributed by atoms with Crippen molar-refractivity contribution in [1.82, 2.24) is 0 Å². The van der Waals surface area contributed by atoms with Crippen molar-refractivity contribution in [3.63, 3.8) is 0 Å². The molecule has 1 aromatic carbocycles. The van der Waals surface area contributed by atoms with Gasteiger partial charge in [-0.15, -0.1) is 11.3 Å². The van der Waals surface area contributed by atoms with Gasteiger partial charge in [0.2, 0.25) is 0 Å². The maximum absolute atomic E-state index is 13.4. The van der Waals surface area contributed by atoms with Crippen LogP contribution in [0, 0.1) is 12.7 Å². The van der Waals surface area contributed by atoms with E-state index in [0.29, 0.717) is 11.0 Å². The number of halogens is 3. The lowest BCUT2D eigenvalue weighted by molar-refractivity contribution is 0.621. The molecule has 0 saturated carbocycles. The second-order valence-corrected chi connectivity index (χ2v) is 6.34. The van der Waals surface area contributed by atoms with Crippen LogP contribution in [-0.2, 0) is 6.54 Å². The zero-order valence-electron chi connectivity index (χ0n) is 9.06. The Labute approximate surface area is 120 Å². The zero-order valence-corrected chi connectivity index (χ0v) is 13.0. The Morgan fingerprint density at radius 1 is 1.29 bits per heavy atom. The fourth-order valence-corrected chi connectivity index (χ4v) is 3.35. The highest BCUT2D eigenvalue weighted by atomic mass is 79.9. The van der Waals surface area contributed by atoms with Gasteiger partial charge in [-0.2, -0.15) is 0 Å². The number of hydrogen-bond acceptors (Lipinski definition) is 2. The van der Waals surface area contributed by atoms with Gasteiger partial charge in [0, 0.05) is 15.0 Å². The summed E-state index contributed by atoms with van der Waals surface area (Å²) < 4.78 is 15.0. The molecule has 0 aliphatic carbocycles. The fourth-order valence-electron chi connectivity index (χ4n) is 1.46. The molecule has 1 N–H and O–H groups in total. The molecule has 0 saturated heterocycles. The van der Waals surface area contributed by atoms with Gasteiger partial charge in [-0.05, 0) is 67.9 Å². The van der Waals surface area contributed by atoms with Crippen molar-refractivity contribution in [2.45, 2.75) is 13.5 Å². The Bertz CT molecular complexity index is 539. The van der Waals surface area contributed by atoms with Crippen LogP contribution in [0.2, 0.25) is 0 Å². The molecular formula is C12H10Br2FNS. The summed E-state index contributed by atoms with van der Waals surface area (Å²) in [6.45, 7) is 2.65. The zero-order chi connectivity index (χ0) is 12.4. The van der Waals surface area contributed by atoms with Crippen molar-refractivity contribution in [2.75, 3.05) is 5.32 Å². The SMILES string of the molecule is Cc1cc(Br)c(F)cc1NCc1sccc1Br. The van der Waals surface area contributed by atoms with E-state index >= 15 is 0 Å². The van der Waals surface area contributed by atoms with E-state index in [0.717, 1.165) is 15.7 Å². The van der Waals surface area contributed by atoms with Gasteiger partial charge in [0.1, 0.15) is 5.82 Å². The van der Waals surface area contributed by atoms with Crippen LogP contribution >= 0.6 is 43.2 Å². The van der Waals surface area contributed by atoms with Crippen LogP contribution in [0.15, 0.2) is 32.5 Å². The van der Waals surface area contributed by atoms with Crippen molar-refractivity contribution in [2.24, 2.45) is 0 Å². The van der Waals surface area contributed by atoms with Gasteiger partial charge in [-0.3, -0.25) is 0 Å². The standard InChI is InChI=1S/C12H10Br2FNS/c1-7-4-9(14)10(15)5-11(7)16-6-12-8(13)2-3-17-12/h2-5,16H,6H2,1H3. The summed E-state index contributed by atoms with van der Waals surface area (Å²) in [7, 11) is 0. The Hall–Kier alpha value is -0.390. The van der Waals surface area contributed by atoms with E-state index in [2.05, 4.69) is 37.2 Å². The molecule has 0 aliphatic rings. The molecule has 17 heavy (non-hydrogen) atoms. The van der Waals surface area contributed by atoms with E-state index in [-0.39, 0.29) is 5.82 Å². The Morgan fingerprint density at radius 3 is 2.71 bits per heavy atom. The van der Waals surface area contributed by atoms with E-state index < -0.39 is 0 Å². The maximum atomic E-state index is 13.4. The van der Waals surface area contributed by atoms with Crippen molar-refractivity contribution in [1.29, 1.82) is 0 Å². The smallest absolute Gasteiger partial charge is 0.139 e. The van der Waals surface area contributed by atoms with Crippen molar-refractivity contribution in [3.05, 3.63) is 48.8 Å². The second-order valence-electron chi connectivity index (χ2n) is 3.63. The average Bonchev–Trinajstić information content (AvgIpc) is 2.68. The summed E-state index contributed by atoms with van der Waals surface area (Å²) in [5.41, 5.74) is 1.84. The first-order valence-corrected chi connectivity index (χ1v) is 7.46. The van der Waals surface area contributed by atoms with Crippen LogP contribution in [0.25, 0.3) is 0 Å². The third-order valence-electron chi connectivity index (χ3n) is 2.40. The summed E-state index contributed by atoms with van der Waals surface area (Å²) in [6.07, 6.45) is 0. The lowest BCUT2D eigenvalue weighted by Gasteiger charge is -2.10. The summed E-state index contributed by atoms with van der Waals surface area (Å²) in [5.74, 6) is -0.247. The third kappa shape index (κ3) is 3.09. The molecule has 1 aromatic heterocycles. The maximum Gasteiger partial charge on any atom is 0.139 e. The Balaban J connectivity index is 2.14. The van der Waals surface area contributed by atoms with Gasteiger partial charge >= 0.3 is 0 Å². The normalized spacial score (nSPS) is 10.6. The molecule has 2 rings (SSSR count). The lowest BCUT2D eigenvalue weighted by atomic mass is 10.2. The minimum absolute atomic E-state index is 0.247. The molecule has 1 heterocycles. The monoisotopic (exact) mass is 377 g/mol. The van der Waals surface area contributed by atoms with Gasteiger partial charge in [0.25, 0.3) is 0 Å². The van der Waals surface area contributed by atoms with E-state index in [4.69, 9.17) is 0 Å². The number of nitrogens with one attached hydrogen (secondary N) is 1. The van der Waals surface area contributed by atoms with E-state index in [1.165, 1.54) is 10.9 Å². The van der Waals surface area contributed by atoms with Crippen molar-refractivity contribution in [3.8, 4) is 0 Å². The molecule has 0 spiro atoms. The largest absolute Gasteiger partial charge is 0.380 e. The van der Waals surface area contributed by atoms with E-state index in [9.17, 15) is 4.39 Å². The minimum Gasteiger partial charge on any atom is -0.380 e. The highest BCUT2D eigenvalue weighted by molar-refractivity contribution is 9.10. The first-order valence-electron chi connectivity index (χ1n) is 4.99. The highest BCUT2D eigenvalue weighted by Crippen LogP contribution is 2.27. The van der Waals surface area contributed by atoms with Crippen LogP contribution in [0.1, 0.15) is 10.4 Å². The number of thiophene rings is 1. The quantitative estimate of drug-likeness (QED) is 0.760. The van der Waals surface area contributed by atoms with E-state index in [1.807, 2.05) is 18.4 Å². The molecule has 5 heteroatoms. The summed E-state index contributed by atoms with van der Waals surface area (Å²) in [5, 5.41) is 5.27. The summed E-state index contributed by atoms with van der Waals surface area (Å²) >= 11 is 8.32. The van der Waals surface area contributed by atoms with Gasteiger partial charge in [-0.1, -0.05) is 0 Å². The molecule has 0 unspecified atom stereocenters. The lowest BCUT2D eigenvalue weighted by Crippen LogP contribution is -2.00. The number of aryl methyl sites for hydroxylation is 1. The van der Waals surface area contributed by atoms with Crippen molar-refractivity contribution >= 4 is 48.9 Å². The van der Waals surface area contributed by atoms with Crippen LogP contribution < -0.4 is 5.32 Å². The van der Waals surface area contributed by atoms with Crippen LogP contribution in [0.4, 0.5) is 10.1 Å². The molecule has 0 amide bonds. The van der Waals surface area contributed by atoms with Gasteiger partial charge < -0.3 is 5.32 Å². The molecule has 0 fully saturated rings. The molecule has 2 aromatic rings. The number of anilines is 1. The molecule has 0 atom stereocenters. The van der Waals surface area contributed by atoms with E-state index in [1.54, 1.807) is 17.4 Å². The van der Waals surface area contributed by atoms with Crippen LogP contribution in [0.5, 0.6) is 0 Å². The first kappa shape index (κ1) is 13.1. The number of rotatable bonds is 3. The molecule has 1 nitrogen and oxygen atoms in total. The highest BCUT2D eigenvalue weighted by Gasteiger charge is 2.06. The second kappa shape index (κ2) is 5.50. The molecule has 90 valence electrons. The molecule has 0 aliphatic heterocycles. The van der Waals surface area contributed by atoms with Crippen molar-refractivity contribution < 1.29 is 4.39 Å². The predicted molar refractivity (Wildman–Crippen MR) is 78.2 cm³/mol. The number of hydrogen-bond donors (Lipinski definition) is 1. The third-order valence-corrected chi connectivity index (χ3v) is 4.93. The molecular weight excluding hydrogens is 369 g/mol.